The summed E-state index contributed by atoms with van der Waals surface area (Å²) in [6, 6.07) is -0.902. The third kappa shape index (κ3) is 11.8. The Morgan fingerprint density at radius 1 is 0.795 bits per heavy atom. The third-order valence-electron chi connectivity index (χ3n) is 8.04. The zero-order valence-electron chi connectivity index (χ0n) is 25.9. The molecule has 0 radical (unpaired) electrons. The second-order valence-electron chi connectivity index (χ2n) is 11.5. The maximum atomic E-state index is 12.1. The molecule has 2 rings (SSSR count). The zero-order chi connectivity index (χ0) is 32.6. The SMILES string of the molecule is CCCCCCCCCC/C=C/C(O)C(COC1OC(CO)C(OC2OC(CO)C(O)C(O)C2O)C(O)C1O)NC(=O)CC. The second kappa shape index (κ2) is 20.8. The molecule has 12 unspecified atom stereocenters. The number of rotatable bonds is 20. The van der Waals surface area contributed by atoms with Gasteiger partial charge in [-0.05, 0) is 12.8 Å². The average molecular weight is 638 g/mol. The first kappa shape index (κ1) is 38.9. The van der Waals surface area contributed by atoms with Gasteiger partial charge >= 0.3 is 0 Å². The number of hydrogen-bond donors (Lipinski definition) is 9. The van der Waals surface area contributed by atoms with Crippen LogP contribution >= 0.6 is 0 Å². The van der Waals surface area contributed by atoms with Crippen molar-refractivity contribution < 1.29 is 64.6 Å². The first-order valence-electron chi connectivity index (χ1n) is 15.9. The van der Waals surface area contributed by atoms with Gasteiger partial charge in [-0.3, -0.25) is 4.79 Å². The molecule has 9 N–H and O–H groups in total. The van der Waals surface area contributed by atoms with Crippen molar-refractivity contribution in [3.63, 3.8) is 0 Å². The molecule has 0 aliphatic carbocycles. The maximum Gasteiger partial charge on any atom is 0.220 e. The van der Waals surface area contributed by atoms with Crippen LogP contribution in [0.1, 0.15) is 78.1 Å². The highest BCUT2D eigenvalue weighted by molar-refractivity contribution is 5.75. The number of nitrogens with one attached hydrogen (secondary N) is 1. The first-order chi connectivity index (χ1) is 21.1. The number of allylic oxidation sites excluding steroid dienone is 1. The molecule has 1 amide bonds. The highest BCUT2D eigenvalue weighted by atomic mass is 16.7. The molecule has 0 aromatic rings. The normalized spacial score (nSPS) is 34.2. The average Bonchev–Trinajstić information content (AvgIpc) is 3.02. The Balaban J connectivity index is 1.93. The van der Waals surface area contributed by atoms with Crippen LogP contribution in [0, 0.1) is 0 Å². The maximum absolute atomic E-state index is 12.1. The topological polar surface area (TPSA) is 228 Å². The lowest BCUT2D eigenvalue weighted by Gasteiger charge is -2.46. The molecule has 0 aromatic carbocycles. The Kier molecular flexibility index (Phi) is 18.4. The summed E-state index contributed by atoms with van der Waals surface area (Å²) in [5.41, 5.74) is 0. The van der Waals surface area contributed by atoms with Gasteiger partial charge in [-0.2, -0.15) is 0 Å². The molecular formula is C30H55NO13. The fraction of sp³-hybridized carbons (Fsp3) is 0.900. The summed E-state index contributed by atoms with van der Waals surface area (Å²) in [5.74, 6) is -0.333. The Bertz CT molecular complexity index is 816. The van der Waals surface area contributed by atoms with Gasteiger partial charge in [-0.1, -0.05) is 70.9 Å². The number of amides is 1. The van der Waals surface area contributed by atoms with Gasteiger partial charge in [0, 0.05) is 6.42 Å². The van der Waals surface area contributed by atoms with Crippen LogP contribution in [0.25, 0.3) is 0 Å². The van der Waals surface area contributed by atoms with Crippen LogP contribution in [-0.2, 0) is 23.7 Å². The van der Waals surface area contributed by atoms with Gasteiger partial charge < -0.3 is 65.1 Å². The third-order valence-corrected chi connectivity index (χ3v) is 8.04. The van der Waals surface area contributed by atoms with E-state index in [2.05, 4.69) is 12.2 Å². The van der Waals surface area contributed by atoms with E-state index in [0.717, 1.165) is 19.3 Å². The first-order valence-corrected chi connectivity index (χ1v) is 15.9. The molecule has 258 valence electrons. The summed E-state index contributed by atoms with van der Waals surface area (Å²) in [7, 11) is 0. The van der Waals surface area contributed by atoms with E-state index in [1.165, 1.54) is 38.5 Å². The van der Waals surface area contributed by atoms with Gasteiger partial charge in [-0.15, -0.1) is 0 Å². The van der Waals surface area contributed by atoms with Crippen LogP contribution in [0.15, 0.2) is 12.2 Å². The molecular weight excluding hydrogens is 582 g/mol. The van der Waals surface area contributed by atoms with Crippen LogP contribution in [0.4, 0.5) is 0 Å². The van der Waals surface area contributed by atoms with Crippen molar-refractivity contribution in [1.82, 2.24) is 5.32 Å². The molecule has 2 aliphatic rings. The van der Waals surface area contributed by atoms with Crippen molar-refractivity contribution in [3.05, 3.63) is 12.2 Å². The van der Waals surface area contributed by atoms with Gasteiger partial charge in [0.25, 0.3) is 0 Å². The number of aliphatic hydroxyl groups is 8. The number of ether oxygens (including phenoxy) is 4. The van der Waals surface area contributed by atoms with Crippen LogP contribution in [-0.4, -0.2) is 140 Å². The summed E-state index contributed by atoms with van der Waals surface area (Å²) < 4.78 is 22.1. The van der Waals surface area contributed by atoms with Crippen molar-refractivity contribution in [3.8, 4) is 0 Å². The highest BCUT2D eigenvalue weighted by Crippen LogP contribution is 2.29. The number of hydrogen-bond acceptors (Lipinski definition) is 13. The molecule has 0 spiro atoms. The minimum Gasteiger partial charge on any atom is -0.394 e. The minimum atomic E-state index is -1.78. The fourth-order valence-electron chi connectivity index (χ4n) is 5.19. The number of aliphatic hydroxyl groups excluding tert-OH is 8. The monoisotopic (exact) mass is 637 g/mol. The van der Waals surface area contributed by atoms with E-state index in [9.17, 15) is 45.6 Å². The van der Waals surface area contributed by atoms with Gasteiger partial charge in [0.1, 0.15) is 48.8 Å². The molecule has 44 heavy (non-hydrogen) atoms. The summed E-state index contributed by atoms with van der Waals surface area (Å²) in [4.78, 5) is 12.1. The molecule has 2 saturated heterocycles. The molecule has 14 heteroatoms. The quantitative estimate of drug-likeness (QED) is 0.0575. The highest BCUT2D eigenvalue weighted by Gasteiger charge is 2.50. The summed E-state index contributed by atoms with van der Waals surface area (Å²) in [5, 5.41) is 84.6. The van der Waals surface area contributed by atoms with E-state index in [-0.39, 0.29) is 18.9 Å². The van der Waals surface area contributed by atoms with E-state index in [1.54, 1.807) is 13.0 Å². The van der Waals surface area contributed by atoms with E-state index in [1.807, 2.05) is 6.08 Å². The molecule has 2 heterocycles. The lowest BCUT2D eigenvalue weighted by atomic mass is 9.97. The molecule has 0 aromatic heterocycles. The standard InChI is InChI=1S/C30H55NO13/c1-3-5-6-7-8-9-10-11-12-13-14-19(34)18(31-22(35)4-2)17-41-29-27(40)25(38)28(21(16-33)43-29)44-30-26(39)24(37)23(36)20(15-32)42-30/h13-14,18-21,23-30,32-34,36-40H,3-12,15-17H2,1-2H3,(H,31,35)/b14-13+. The number of carbonyl (C=O) groups excluding carboxylic acids is 1. The predicted molar refractivity (Wildman–Crippen MR) is 157 cm³/mol. The summed E-state index contributed by atoms with van der Waals surface area (Å²) in [6.45, 7) is 2.13. The lowest BCUT2D eigenvalue weighted by Crippen LogP contribution is -2.65. The second-order valence-corrected chi connectivity index (χ2v) is 11.5. The fourth-order valence-corrected chi connectivity index (χ4v) is 5.19. The van der Waals surface area contributed by atoms with Crippen molar-refractivity contribution in [2.24, 2.45) is 0 Å². The molecule has 2 fully saturated rings. The van der Waals surface area contributed by atoms with Gasteiger partial charge in [-0.25, -0.2) is 0 Å². The smallest absolute Gasteiger partial charge is 0.220 e. The van der Waals surface area contributed by atoms with Crippen molar-refractivity contribution in [1.29, 1.82) is 0 Å². The lowest BCUT2D eigenvalue weighted by molar-refractivity contribution is -0.359. The summed E-state index contributed by atoms with van der Waals surface area (Å²) >= 11 is 0. The van der Waals surface area contributed by atoms with E-state index < -0.39 is 86.8 Å². The van der Waals surface area contributed by atoms with Gasteiger partial charge in [0.2, 0.25) is 5.91 Å². The van der Waals surface area contributed by atoms with Crippen LogP contribution < -0.4 is 5.32 Å². The van der Waals surface area contributed by atoms with Crippen molar-refractivity contribution in [2.45, 2.75) is 152 Å². The van der Waals surface area contributed by atoms with E-state index in [4.69, 9.17) is 18.9 Å². The molecule has 2 aliphatic heterocycles. The molecule has 12 atom stereocenters. The predicted octanol–water partition coefficient (Wildman–Crippen LogP) is -1.03. The zero-order valence-corrected chi connectivity index (χ0v) is 25.9. The van der Waals surface area contributed by atoms with E-state index >= 15 is 0 Å². The number of unbranched alkanes of at least 4 members (excludes halogenated alkanes) is 8. The largest absolute Gasteiger partial charge is 0.394 e. The van der Waals surface area contributed by atoms with Gasteiger partial charge in [0.15, 0.2) is 12.6 Å². The van der Waals surface area contributed by atoms with Crippen molar-refractivity contribution in [2.75, 3.05) is 19.8 Å². The van der Waals surface area contributed by atoms with Gasteiger partial charge in [0.05, 0.1) is 32.0 Å². The Labute approximate surface area is 259 Å². The Hall–Kier alpha value is -1.27. The Morgan fingerprint density at radius 3 is 2.00 bits per heavy atom. The summed E-state index contributed by atoms with van der Waals surface area (Å²) in [6.07, 6.45) is -3.06. The molecule has 0 bridgehead atoms. The van der Waals surface area contributed by atoms with Crippen LogP contribution in [0.2, 0.25) is 0 Å². The molecule has 0 saturated carbocycles. The number of carbonyl (C=O) groups is 1. The minimum absolute atomic E-state index is 0.163. The van der Waals surface area contributed by atoms with E-state index in [0.29, 0.717) is 0 Å². The molecule has 14 nitrogen and oxygen atoms in total. The van der Waals surface area contributed by atoms with Crippen molar-refractivity contribution >= 4 is 5.91 Å². The Morgan fingerprint density at radius 2 is 1.39 bits per heavy atom. The van der Waals surface area contributed by atoms with Crippen LogP contribution in [0.3, 0.4) is 0 Å². The van der Waals surface area contributed by atoms with Crippen LogP contribution in [0.5, 0.6) is 0 Å².